The van der Waals surface area contributed by atoms with Crippen LogP contribution in [0.1, 0.15) is 85.0 Å². The molecule has 0 aromatic heterocycles. The lowest BCUT2D eigenvalue weighted by atomic mass is 9.70. The van der Waals surface area contributed by atoms with E-state index in [-0.39, 0.29) is 0 Å². The molecule has 1 heteroatoms. The van der Waals surface area contributed by atoms with Crippen molar-refractivity contribution < 1.29 is 0 Å². The van der Waals surface area contributed by atoms with E-state index >= 15 is 0 Å². The van der Waals surface area contributed by atoms with Gasteiger partial charge in [-0.25, -0.2) is 0 Å². The molecular formula is C37H43P. The van der Waals surface area contributed by atoms with Gasteiger partial charge in [-0.15, -0.1) is 7.55 Å². The smallest absolute Gasteiger partial charge is 0.00562 e. The molecule has 38 heavy (non-hydrogen) atoms. The zero-order valence-corrected chi connectivity index (χ0v) is 23.9. The average Bonchev–Trinajstić information content (AvgIpc) is 3.01. The maximum atomic E-state index is 2.74. The highest BCUT2D eigenvalue weighted by Crippen LogP contribution is 2.49. The molecule has 0 saturated heterocycles. The molecule has 0 saturated carbocycles. The highest BCUT2D eigenvalue weighted by atomic mass is 31.1. The van der Waals surface area contributed by atoms with Crippen LogP contribution in [0.4, 0.5) is 0 Å². The third-order valence-corrected chi connectivity index (χ3v) is 11.5. The molecule has 0 radical (unpaired) electrons. The minimum Gasteiger partial charge on any atom is -0.121 e. The van der Waals surface area contributed by atoms with E-state index in [0.29, 0.717) is 23.7 Å². The van der Waals surface area contributed by atoms with Gasteiger partial charge in [-0.1, -0.05) is 134 Å². The van der Waals surface area contributed by atoms with E-state index in [1.807, 2.05) is 0 Å². The van der Waals surface area contributed by atoms with E-state index in [9.17, 15) is 0 Å². The number of rotatable bonds is 11. The molecule has 0 N–H and O–H groups in total. The molecule has 5 unspecified atom stereocenters. The third kappa shape index (κ3) is 6.78. The quantitative estimate of drug-likeness (QED) is 0.173. The van der Waals surface area contributed by atoms with Crippen molar-refractivity contribution in [2.45, 2.75) is 62.7 Å². The van der Waals surface area contributed by atoms with Gasteiger partial charge >= 0.3 is 0 Å². The molecule has 1 heterocycles. The molecule has 196 valence electrons. The lowest BCUT2D eigenvalue weighted by Gasteiger charge is -2.36. The standard InChI is InChI=1S/C37H43P/c1-2-34(30-18-8-3-9-19-30)35(31-20-10-4-11-21-31)28-36(32-22-12-5-13-23-32)37(33-24-14-6-15-25-33)29-38-26-16-7-17-27-38/h3-6,8-15,18-26,34-38H,2,7,16-17,27-29H2,1H3. The summed E-state index contributed by atoms with van der Waals surface area (Å²) in [5, 5.41) is 0. The van der Waals surface area contributed by atoms with Crippen molar-refractivity contribution in [2.75, 3.05) is 12.3 Å². The predicted molar refractivity (Wildman–Crippen MR) is 170 cm³/mol. The Bertz CT molecular complexity index is 1250. The van der Waals surface area contributed by atoms with Crippen LogP contribution in [0.15, 0.2) is 121 Å². The summed E-state index contributed by atoms with van der Waals surface area (Å²) in [7, 11) is -0.447. The molecule has 0 fully saturated rings. The van der Waals surface area contributed by atoms with Crippen molar-refractivity contribution in [3.63, 3.8) is 0 Å². The van der Waals surface area contributed by atoms with Crippen LogP contribution < -0.4 is 0 Å². The van der Waals surface area contributed by atoms with E-state index in [2.05, 4.69) is 134 Å². The van der Waals surface area contributed by atoms with Crippen molar-refractivity contribution in [1.82, 2.24) is 0 Å². The maximum absolute atomic E-state index is 2.74. The Kier molecular flexibility index (Phi) is 9.74. The van der Waals surface area contributed by atoms with E-state index in [1.54, 1.807) is 0 Å². The molecule has 0 amide bonds. The largest absolute Gasteiger partial charge is 0.121 e. The second-order valence-electron chi connectivity index (χ2n) is 11.0. The molecule has 0 nitrogen and oxygen atoms in total. The second kappa shape index (κ2) is 13.8. The van der Waals surface area contributed by atoms with E-state index in [4.69, 9.17) is 0 Å². The number of hydrogen-bond acceptors (Lipinski definition) is 0. The van der Waals surface area contributed by atoms with Gasteiger partial charge in [0.2, 0.25) is 0 Å². The number of hydrogen-bond donors (Lipinski definition) is 0. The monoisotopic (exact) mass is 518 g/mol. The minimum absolute atomic E-state index is 0.447. The van der Waals surface area contributed by atoms with Crippen LogP contribution in [0.25, 0.3) is 0 Å². The van der Waals surface area contributed by atoms with Gasteiger partial charge < -0.3 is 0 Å². The first kappa shape index (κ1) is 26.8. The molecule has 5 atom stereocenters. The van der Waals surface area contributed by atoms with Gasteiger partial charge in [-0.05, 0) is 90.4 Å². The molecule has 5 rings (SSSR count). The first-order valence-corrected chi connectivity index (χ1v) is 16.7. The van der Waals surface area contributed by atoms with Crippen LogP contribution in [0, 0.1) is 0 Å². The highest BCUT2D eigenvalue weighted by Gasteiger charge is 2.32. The van der Waals surface area contributed by atoms with Gasteiger partial charge in [-0.3, -0.25) is 0 Å². The van der Waals surface area contributed by atoms with Crippen molar-refractivity contribution in [3.05, 3.63) is 144 Å². The Morgan fingerprint density at radius 2 is 0.947 bits per heavy atom. The average molecular weight is 519 g/mol. The van der Waals surface area contributed by atoms with Gasteiger partial charge in [0.25, 0.3) is 0 Å². The Hall–Kier alpha value is -2.82. The van der Waals surface area contributed by atoms with Crippen LogP contribution in [0.2, 0.25) is 0 Å². The fourth-order valence-electron chi connectivity index (χ4n) is 6.76. The van der Waals surface area contributed by atoms with E-state index in [0.717, 1.165) is 12.8 Å². The van der Waals surface area contributed by atoms with E-state index < -0.39 is 7.55 Å². The molecule has 1 aliphatic rings. The fraction of sp³-hybridized carbons (Fsp3) is 0.324. The van der Waals surface area contributed by atoms with Crippen molar-refractivity contribution >= 4 is 13.3 Å². The van der Waals surface area contributed by atoms with Gasteiger partial charge in [0.1, 0.15) is 0 Å². The predicted octanol–water partition coefficient (Wildman–Crippen LogP) is 10.1. The topological polar surface area (TPSA) is 0 Å². The zero-order valence-electron chi connectivity index (χ0n) is 22.9. The highest BCUT2D eigenvalue weighted by molar-refractivity contribution is 7.57. The van der Waals surface area contributed by atoms with Crippen LogP contribution >= 0.6 is 7.55 Å². The molecule has 0 bridgehead atoms. The lowest BCUT2D eigenvalue weighted by molar-refractivity contribution is 0.420. The van der Waals surface area contributed by atoms with Crippen molar-refractivity contribution in [2.24, 2.45) is 0 Å². The molecule has 4 aromatic rings. The van der Waals surface area contributed by atoms with E-state index in [1.165, 1.54) is 53.8 Å². The number of benzene rings is 4. The first-order chi connectivity index (χ1) is 18.8. The van der Waals surface area contributed by atoms with Crippen LogP contribution in [-0.2, 0) is 0 Å². The molecule has 0 spiro atoms. The Morgan fingerprint density at radius 1 is 0.526 bits per heavy atom. The maximum Gasteiger partial charge on any atom is -0.00562 e. The van der Waals surface area contributed by atoms with Crippen molar-refractivity contribution in [1.29, 1.82) is 0 Å². The first-order valence-electron chi connectivity index (χ1n) is 14.7. The Labute approximate surface area is 231 Å². The Morgan fingerprint density at radius 3 is 1.37 bits per heavy atom. The fourth-order valence-corrected chi connectivity index (χ4v) is 9.73. The lowest BCUT2D eigenvalue weighted by Crippen LogP contribution is -2.21. The summed E-state index contributed by atoms with van der Waals surface area (Å²) in [6.07, 6.45) is 9.22. The normalized spacial score (nSPS) is 18.6. The summed E-state index contributed by atoms with van der Waals surface area (Å²) in [6, 6.07) is 45.6. The van der Waals surface area contributed by atoms with Gasteiger partial charge in [0, 0.05) is 0 Å². The summed E-state index contributed by atoms with van der Waals surface area (Å²) in [5.41, 5.74) is 5.98. The summed E-state index contributed by atoms with van der Waals surface area (Å²) in [5.74, 6) is 4.72. The SMILES string of the molecule is CCC(c1ccccc1)C(CC(c1ccccc1)C(C[PH]1=CCCCC1)c1ccccc1)c1ccccc1. The molecule has 1 aliphatic heterocycles. The van der Waals surface area contributed by atoms with Crippen molar-refractivity contribution in [3.8, 4) is 0 Å². The summed E-state index contributed by atoms with van der Waals surface area (Å²) in [6.45, 7) is 2.38. The van der Waals surface area contributed by atoms with Gasteiger partial charge in [0.05, 0.1) is 0 Å². The molecule has 0 aliphatic carbocycles. The summed E-state index contributed by atoms with van der Waals surface area (Å²) in [4.78, 5) is 0. The van der Waals surface area contributed by atoms with Gasteiger partial charge in [0.15, 0.2) is 0 Å². The summed E-state index contributed by atoms with van der Waals surface area (Å²) < 4.78 is 0. The second-order valence-corrected chi connectivity index (χ2v) is 13.7. The molecule has 4 aromatic carbocycles. The molecular weight excluding hydrogens is 475 g/mol. The van der Waals surface area contributed by atoms with Crippen LogP contribution in [0.3, 0.4) is 0 Å². The summed E-state index contributed by atoms with van der Waals surface area (Å²) >= 11 is 0. The van der Waals surface area contributed by atoms with Crippen LogP contribution in [0.5, 0.6) is 0 Å². The zero-order chi connectivity index (χ0) is 26.0. The minimum atomic E-state index is -0.447. The Balaban J connectivity index is 1.60. The third-order valence-electron chi connectivity index (χ3n) is 8.70. The van der Waals surface area contributed by atoms with Gasteiger partial charge in [-0.2, -0.15) is 0 Å². The van der Waals surface area contributed by atoms with Crippen LogP contribution in [-0.4, -0.2) is 18.1 Å².